The third-order valence-corrected chi connectivity index (χ3v) is 4.67. The van der Waals surface area contributed by atoms with Crippen LogP contribution < -0.4 is 10.7 Å². The van der Waals surface area contributed by atoms with Gasteiger partial charge >= 0.3 is 0 Å². The number of pyridine rings is 1. The fourth-order valence-corrected chi connectivity index (χ4v) is 3.42. The van der Waals surface area contributed by atoms with E-state index in [9.17, 15) is 9.59 Å². The molecule has 23 heavy (non-hydrogen) atoms. The first kappa shape index (κ1) is 15.8. The molecule has 0 atom stereocenters. The second kappa shape index (κ2) is 6.99. The number of carbonyl (C=O) groups excluding carboxylic acids is 1. The molecule has 1 aromatic carbocycles. The highest BCUT2D eigenvalue weighted by Crippen LogP contribution is 2.17. The first-order chi connectivity index (χ1) is 11.1. The number of fused-ring (bicyclic) bond motifs is 1. The molecule has 2 aromatic rings. The van der Waals surface area contributed by atoms with E-state index in [1.54, 1.807) is 12.3 Å². The van der Waals surface area contributed by atoms with Crippen LogP contribution in [-0.2, 0) is 11.3 Å². The maximum absolute atomic E-state index is 12.4. The Balaban J connectivity index is 1.77. The zero-order chi connectivity index (χ0) is 16.2. The van der Waals surface area contributed by atoms with Crippen LogP contribution in [0.1, 0.15) is 44.1 Å². The highest BCUT2D eigenvalue weighted by Gasteiger charge is 2.15. The third kappa shape index (κ3) is 3.81. The van der Waals surface area contributed by atoms with Crippen molar-refractivity contribution in [3.63, 3.8) is 0 Å². The lowest BCUT2D eigenvalue weighted by molar-refractivity contribution is -0.122. The van der Waals surface area contributed by atoms with Gasteiger partial charge in [0.15, 0.2) is 5.43 Å². The number of hydrogen-bond donors (Lipinski definition) is 1. The summed E-state index contributed by atoms with van der Waals surface area (Å²) in [6.07, 6.45) is 8.82. The average molecular weight is 312 g/mol. The number of amides is 1. The summed E-state index contributed by atoms with van der Waals surface area (Å²) in [6, 6.07) is 7.63. The number of nitrogens with one attached hydrogen (secondary N) is 1. The van der Waals surface area contributed by atoms with Gasteiger partial charge in [0.1, 0.15) is 6.54 Å². The molecule has 1 aliphatic rings. The minimum Gasteiger partial charge on any atom is -0.352 e. The van der Waals surface area contributed by atoms with E-state index in [-0.39, 0.29) is 17.9 Å². The molecule has 122 valence electrons. The van der Waals surface area contributed by atoms with Crippen molar-refractivity contribution in [1.82, 2.24) is 9.88 Å². The number of benzene rings is 1. The zero-order valence-electron chi connectivity index (χ0n) is 13.7. The van der Waals surface area contributed by atoms with Gasteiger partial charge in [-0.2, -0.15) is 0 Å². The summed E-state index contributed by atoms with van der Waals surface area (Å²) in [5, 5.41) is 3.84. The monoisotopic (exact) mass is 312 g/mol. The van der Waals surface area contributed by atoms with Crippen molar-refractivity contribution < 1.29 is 4.79 Å². The van der Waals surface area contributed by atoms with Crippen LogP contribution in [0.4, 0.5) is 0 Å². The molecule has 0 aliphatic heterocycles. The molecule has 1 N–H and O–H groups in total. The molecule has 1 heterocycles. The molecule has 1 aliphatic carbocycles. The van der Waals surface area contributed by atoms with Crippen LogP contribution in [0.15, 0.2) is 35.3 Å². The second-order valence-corrected chi connectivity index (χ2v) is 6.58. The first-order valence-corrected chi connectivity index (χ1v) is 8.53. The summed E-state index contributed by atoms with van der Waals surface area (Å²) in [6.45, 7) is 2.23. The minimum absolute atomic E-state index is 0.00382. The predicted molar refractivity (Wildman–Crippen MR) is 92.6 cm³/mol. The van der Waals surface area contributed by atoms with Crippen molar-refractivity contribution >= 4 is 16.8 Å². The normalized spacial score (nSPS) is 16.2. The van der Waals surface area contributed by atoms with Crippen molar-refractivity contribution in [3.8, 4) is 0 Å². The summed E-state index contributed by atoms with van der Waals surface area (Å²) in [5.74, 6) is 0.0300. The zero-order valence-corrected chi connectivity index (χ0v) is 13.7. The lowest BCUT2D eigenvalue weighted by Crippen LogP contribution is -2.36. The highest BCUT2D eigenvalue weighted by atomic mass is 16.2. The maximum atomic E-state index is 12.4. The molecule has 1 fully saturated rings. The summed E-state index contributed by atoms with van der Waals surface area (Å²) >= 11 is 0. The van der Waals surface area contributed by atoms with E-state index in [4.69, 9.17) is 0 Å². The van der Waals surface area contributed by atoms with Gasteiger partial charge in [-0.3, -0.25) is 9.59 Å². The van der Waals surface area contributed by atoms with Gasteiger partial charge in [-0.25, -0.2) is 0 Å². The van der Waals surface area contributed by atoms with E-state index < -0.39 is 0 Å². The Morgan fingerprint density at radius 2 is 1.91 bits per heavy atom. The molecule has 3 rings (SSSR count). The molecule has 4 nitrogen and oxygen atoms in total. The molecule has 0 radical (unpaired) electrons. The average Bonchev–Trinajstić information content (AvgIpc) is 2.79. The lowest BCUT2D eigenvalue weighted by atomic mass is 10.1. The number of hydrogen-bond acceptors (Lipinski definition) is 2. The maximum Gasteiger partial charge on any atom is 0.240 e. The van der Waals surface area contributed by atoms with Crippen LogP contribution >= 0.6 is 0 Å². The number of rotatable bonds is 3. The Morgan fingerprint density at radius 1 is 1.17 bits per heavy atom. The number of aromatic nitrogens is 1. The van der Waals surface area contributed by atoms with E-state index in [0.29, 0.717) is 11.4 Å². The van der Waals surface area contributed by atoms with Crippen LogP contribution in [0.3, 0.4) is 0 Å². The van der Waals surface area contributed by atoms with E-state index in [1.807, 2.05) is 29.7 Å². The fraction of sp³-hybridized carbons (Fsp3) is 0.474. The molecular weight excluding hydrogens is 288 g/mol. The summed E-state index contributed by atoms with van der Waals surface area (Å²) in [5.41, 5.74) is 1.87. The smallest absolute Gasteiger partial charge is 0.240 e. The molecule has 0 unspecified atom stereocenters. The number of aryl methyl sites for hydroxylation is 1. The number of nitrogens with zero attached hydrogens (tertiary/aromatic N) is 1. The van der Waals surface area contributed by atoms with Gasteiger partial charge in [0, 0.05) is 23.7 Å². The topological polar surface area (TPSA) is 51.1 Å². The summed E-state index contributed by atoms with van der Waals surface area (Å²) in [4.78, 5) is 24.4. The molecule has 1 amide bonds. The first-order valence-electron chi connectivity index (χ1n) is 8.53. The van der Waals surface area contributed by atoms with Gasteiger partial charge in [0.25, 0.3) is 0 Å². The molecule has 0 spiro atoms. The molecule has 0 saturated heterocycles. The van der Waals surface area contributed by atoms with Crippen LogP contribution in [0.25, 0.3) is 10.9 Å². The Morgan fingerprint density at radius 3 is 2.65 bits per heavy atom. The lowest BCUT2D eigenvalue weighted by Gasteiger charge is -2.17. The third-order valence-electron chi connectivity index (χ3n) is 4.67. The fourth-order valence-electron chi connectivity index (χ4n) is 3.42. The van der Waals surface area contributed by atoms with Crippen molar-refractivity contribution in [2.75, 3.05) is 0 Å². The van der Waals surface area contributed by atoms with Gasteiger partial charge in [0.05, 0.1) is 5.52 Å². The van der Waals surface area contributed by atoms with Crippen molar-refractivity contribution in [2.24, 2.45) is 0 Å². The highest BCUT2D eigenvalue weighted by molar-refractivity contribution is 5.82. The van der Waals surface area contributed by atoms with Crippen molar-refractivity contribution in [3.05, 3.63) is 46.2 Å². The molecule has 1 saturated carbocycles. The number of carbonyl (C=O) groups is 1. The van der Waals surface area contributed by atoms with Crippen LogP contribution in [-0.4, -0.2) is 16.5 Å². The van der Waals surface area contributed by atoms with E-state index in [1.165, 1.54) is 25.7 Å². The Labute approximate surface area is 136 Å². The SMILES string of the molecule is Cc1ccc2c(c1)c(=O)ccn2CC(=O)NC1CCCCCC1. The molecule has 4 heteroatoms. The van der Waals surface area contributed by atoms with Crippen molar-refractivity contribution in [1.29, 1.82) is 0 Å². The summed E-state index contributed by atoms with van der Waals surface area (Å²) in [7, 11) is 0. The van der Waals surface area contributed by atoms with Gasteiger partial charge in [-0.15, -0.1) is 0 Å². The van der Waals surface area contributed by atoms with Gasteiger partial charge in [-0.1, -0.05) is 37.3 Å². The molecule has 1 aromatic heterocycles. The predicted octanol–water partition coefficient (Wildman–Crippen LogP) is 3.15. The van der Waals surface area contributed by atoms with Crippen LogP contribution in [0.5, 0.6) is 0 Å². The second-order valence-electron chi connectivity index (χ2n) is 6.58. The Bertz CT molecular complexity index is 756. The van der Waals surface area contributed by atoms with E-state index in [2.05, 4.69) is 5.32 Å². The van der Waals surface area contributed by atoms with Crippen LogP contribution in [0, 0.1) is 6.92 Å². The van der Waals surface area contributed by atoms with E-state index >= 15 is 0 Å². The Kier molecular flexibility index (Phi) is 4.79. The van der Waals surface area contributed by atoms with Crippen molar-refractivity contribution in [2.45, 2.75) is 58.0 Å². The summed E-state index contributed by atoms with van der Waals surface area (Å²) < 4.78 is 1.86. The molecule has 0 bridgehead atoms. The van der Waals surface area contributed by atoms with Gasteiger partial charge < -0.3 is 9.88 Å². The quantitative estimate of drug-likeness (QED) is 0.885. The largest absolute Gasteiger partial charge is 0.352 e. The Hall–Kier alpha value is -2.10. The van der Waals surface area contributed by atoms with E-state index in [0.717, 1.165) is 23.9 Å². The van der Waals surface area contributed by atoms with Crippen LogP contribution in [0.2, 0.25) is 0 Å². The minimum atomic E-state index is 0.00382. The van der Waals surface area contributed by atoms with Gasteiger partial charge in [0.2, 0.25) is 5.91 Å². The molecular formula is C19H24N2O2. The standard InChI is InChI=1S/C19H24N2O2/c1-14-8-9-17-16(12-14)18(22)10-11-21(17)13-19(23)20-15-6-4-2-3-5-7-15/h8-12,15H,2-7,13H2,1H3,(H,20,23). The van der Waals surface area contributed by atoms with Gasteiger partial charge in [-0.05, 0) is 31.9 Å².